The first kappa shape index (κ1) is 9.71. The molecule has 1 nitrogen and oxygen atoms in total. The Bertz CT molecular complexity index is 454. The fourth-order valence-electron chi connectivity index (χ4n) is 1.27. The monoisotopic (exact) mass is 204 g/mol. The van der Waals surface area contributed by atoms with Gasteiger partial charge in [-0.1, -0.05) is 23.8 Å². The Balaban J connectivity index is 0.00000128. The number of aryl methyl sites for hydroxylation is 1. The smallest absolute Gasteiger partial charge is 0.130 e. The van der Waals surface area contributed by atoms with Gasteiger partial charge in [0.2, 0.25) is 0 Å². The molecular weight excluding hydrogens is 191 g/mol. The van der Waals surface area contributed by atoms with Crippen LogP contribution in [-0.2, 0) is 0 Å². The van der Waals surface area contributed by atoms with Crippen LogP contribution in [0.25, 0.3) is 0 Å². The van der Waals surface area contributed by atoms with Gasteiger partial charge in [-0.2, -0.15) is 0 Å². The zero-order valence-corrected chi connectivity index (χ0v) is 8.41. The number of halogens is 1. The fourth-order valence-corrected chi connectivity index (χ4v) is 1.27. The Morgan fingerprint density at radius 1 is 1.00 bits per heavy atom. The summed E-state index contributed by atoms with van der Waals surface area (Å²) in [4.78, 5) is 0. The molecule has 0 saturated carbocycles. The summed E-state index contributed by atoms with van der Waals surface area (Å²) in [7, 11) is 0. The number of ether oxygens (including phenoxy) is 1. The van der Waals surface area contributed by atoms with E-state index in [0.717, 1.165) is 0 Å². The molecule has 0 spiro atoms. The second-order valence-electron chi connectivity index (χ2n) is 3.37. The van der Waals surface area contributed by atoms with Gasteiger partial charge in [0.05, 0.1) is 0 Å². The standard InChI is InChI=1S/C13H11FO.H2/c1-10-5-7-12(8-6-10)15-13-4-2-3-11(14)9-13;/h2-9H,1H3;1H. The first-order chi connectivity index (χ1) is 7.24. The SMILES string of the molecule is Cc1ccc(Oc2cccc(F)c2)cc1.[HH]. The van der Waals surface area contributed by atoms with Crippen LogP contribution < -0.4 is 4.74 Å². The van der Waals surface area contributed by atoms with Crippen molar-refractivity contribution in [2.45, 2.75) is 6.92 Å². The molecule has 0 unspecified atom stereocenters. The fraction of sp³-hybridized carbons (Fsp3) is 0.0769. The lowest BCUT2D eigenvalue weighted by molar-refractivity contribution is 0.476. The number of rotatable bonds is 2. The van der Waals surface area contributed by atoms with E-state index < -0.39 is 0 Å². The van der Waals surface area contributed by atoms with E-state index in [9.17, 15) is 4.39 Å². The predicted octanol–water partition coefficient (Wildman–Crippen LogP) is 4.17. The average molecular weight is 204 g/mol. The Labute approximate surface area is 89.6 Å². The van der Waals surface area contributed by atoms with Gasteiger partial charge in [-0.25, -0.2) is 4.39 Å². The van der Waals surface area contributed by atoms with Crippen LogP contribution in [0, 0.1) is 12.7 Å². The van der Waals surface area contributed by atoms with Crippen LogP contribution >= 0.6 is 0 Å². The normalized spacial score (nSPS) is 10.0. The minimum absolute atomic E-state index is 0. The van der Waals surface area contributed by atoms with Gasteiger partial charge in [0.15, 0.2) is 0 Å². The lowest BCUT2D eigenvalue weighted by Gasteiger charge is -2.05. The first-order valence-corrected chi connectivity index (χ1v) is 4.74. The molecule has 0 aliphatic rings. The molecule has 2 aromatic rings. The highest BCUT2D eigenvalue weighted by Crippen LogP contribution is 2.21. The molecule has 0 fully saturated rings. The summed E-state index contributed by atoms with van der Waals surface area (Å²) in [6.07, 6.45) is 0. The van der Waals surface area contributed by atoms with Crippen LogP contribution in [0.5, 0.6) is 11.5 Å². The number of hydrogen-bond donors (Lipinski definition) is 0. The van der Waals surface area contributed by atoms with Crippen molar-refractivity contribution in [2.24, 2.45) is 0 Å². The molecule has 0 aliphatic heterocycles. The van der Waals surface area contributed by atoms with Crippen molar-refractivity contribution >= 4 is 0 Å². The number of hydrogen-bond acceptors (Lipinski definition) is 1. The van der Waals surface area contributed by atoms with E-state index in [-0.39, 0.29) is 7.24 Å². The molecule has 0 heterocycles. The van der Waals surface area contributed by atoms with E-state index in [1.165, 1.54) is 17.7 Å². The maximum atomic E-state index is 12.9. The van der Waals surface area contributed by atoms with Crippen molar-refractivity contribution in [1.82, 2.24) is 0 Å². The first-order valence-electron chi connectivity index (χ1n) is 4.74. The van der Waals surface area contributed by atoms with Crippen LogP contribution in [0.2, 0.25) is 0 Å². The van der Waals surface area contributed by atoms with Crippen LogP contribution in [-0.4, -0.2) is 0 Å². The summed E-state index contributed by atoms with van der Waals surface area (Å²) in [6, 6.07) is 13.7. The maximum absolute atomic E-state index is 12.9. The minimum Gasteiger partial charge on any atom is -0.457 e. The van der Waals surface area contributed by atoms with Gasteiger partial charge in [-0.3, -0.25) is 0 Å². The van der Waals surface area contributed by atoms with Gasteiger partial charge >= 0.3 is 0 Å². The summed E-state index contributed by atoms with van der Waals surface area (Å²) in [5, 5.41) is 0. The summed E-state index contributed by atoms with van der Waals surface area (Å²) >= 11 is 0. The summed E-state index contributed by atoms with van der Waals surface area (Å²) in [5.41, 5.74) is 1.17. The van der Waals surface area contributed by atoms with E-state index >= 15 is 0 Å². The van der Waals surface area contributed by atoms with E-state index in [4.69, 9.17) is 4.74 Å². The van der Waals surface area contributed by atoms with Crippen molar-refractivity contribution in [3.8, 4) is 11.5 Å². The highest BCUT2D eigenvalue weighted by atomic mass is 19.1. The molecule has 2 aromatic carbocycles. The third-order valence-electron chi connectivity index (χ3n) is 2.05. The van der Waals surface area contributed by atoms with Crippen LogP contribution in [0.3, 0.4) is 0 Å². The van der Waals surface area contributed by atoms with E-state index in [0.29, 0.717) is 11.5 Å². The molecule has 78 valence electrons. The summed E-state index contributed by atoms with van der Waals surface area (Å²) < 4.78 is 18.3. The highest BCUT2D eigenvalue weighted by Gasteiger charge is 1.97. The topological polar surface area (TPSA) is 9.23 Å². The predicted molar refractivity (Wildman–Crippen MR) is 59.8 cm³/mol. The molecule has 15 heavy (non-hydrogen) atoms. The lowest BCUT2D eigenvalue weighted by Crippen LogP contribution is -1.84. The average Bonchev–Trinajstić information content (AvgIpc) is 2.22. The van der Waals surface area contributed by atoms with Crippen molar-refractivity contribution < 1.29 is 10.6 Å². The van der Waals surface area contributed by atoms with Crippen LogP contribution in [0.1, 0.15) is 6.99 Å². The second kappa shape index (κ2) is 4.13. The molecular formula is C13H13FO. The lowest BCUT2D eigenvalue weighted by atomic mass is 10.2. The molecule has 0 radical (unpaired) electrons. The van der Waals surface area contributed by atoms with Crippen molar-refractivity contribution in [3.05, 3.63) is 59.9 Å². The van der Waals surface area contributed by atoms with Crippen molar-refractivity contribution in [1.29, 1.82) is 0 Å². The summed E-state index contributed by atoms with van der Waals surface area (Å²) in [5.74, 6) is 0.935. The zero-order chi connectivity index (χ0) is 10.7. The molecule has 0 bridgehead atoms. The Morgan fingerprint density at radius 3 is 2.40 bits per heavy atom. The molecule has 0 atom stereocenters. The van der Waals surface area contributed by atoms with Gasteiger partial charge in [-0.05, 0) is 31.2 Å². The maximum Gasteiger partial charge on any atom is 0.130 e. The van der Waals surface area contributed by atoms with Gasteiger partial charge in [0.1, 0.15) is 17.3 Å². The Hall–Kier alpha value is -1.83. The molecule has 0 aromatic heterocycles. The molecule has 0 saturated heterocycles. The van der Waals surface area contributed by atoms with Gasteiger partial charge in [0, 0.05) is 7.49 Å². The molecule has 2 heteroatoms. The van der Waals surface area contributed by atoms with Gasteiger partial charge in [0.25, 0.3) is 0 Å². The van der Waals surface area contributed by atoms with Crippen LogP contribution in [0.15, 0.2) is 48.5 Å². The quantitative estimate of drug-likeness (QED) is 0.713. The minimum atomic E-state index is -0.292. The second-order valence-corrected chi connectivity index (χ2v) is 3.37. The molecule has 0 amide bonds. The van der Waals surface area contributed by atoms with E-state index in [2.05, 4.69) is 0 Å². The van der Waals surface area contributed by atoms with Crippen LogP contribution in [0.4, 0.5) is 4.39 Å². The molecule has 0 aliphatic carbocycles. The third-order valence-corrected chi connectivity index (χ3v) is 2.05. The largest absolute Gasteiger partial charge is 0.457 e. The Kier molecular flexibility index (Phi) is 2.68. The molecule has 2 rings (SSSR count). The van der Waals surface area contributed by atoms with Gasteiger partial charge < -0.3 is 4.74 Å². The molecule has 0 N–H and O–H groups in total. The van der Waals surface area contributed by atoms with Crippen molar-refractivity contribution in [3.63, 3.8) is 0 Å². The highest BCUT2D eigenvalue weighted by molar-refractivity contribution is 5.32. The third kappa shape index (κ3) is 2.56. The van der Waals surface area contributed by atoms with E-state index in [1.54, 1.807) is 12.1 Å². The van der Waals surface area contributed by atoms with Gasteiger partial charge in [-0.15, -0.1) is 0 Å². The van der Waals surface area contributed by atoms with Crippen molar-refractivity contribution in [2.75, 3.05) is 0 Å². The summed E-state index contributed by atoms with van der Waals surface area (Å²) in [6.45, 7) is 2.01. The zero-order valence-electron chi connectivity index (χ0n) is 8.41. The Morgan fingerprint density at radius 2 is 1.73 bits per heavy atom. The van der Waals surface area contributed by atoms with E-state index in [1.807, 2.05) is 31.2 Å². The number of benzene rings is 2.